The first-order valence-electron chi connectivity index (χ1n) is 9.34. The van der Waals surface area contributed by atoms with Crippen LogP contribution < -0.4 is 14.8 Å². The monoisotopic (exact) mass is 375 g/mol. The Kier molecular flexibility index (Phi) is 6.33. The van der Waals surface area contributed by atoms with Crippen molar-refractivity contribution < 1.29 is 14.3 Å². The van der Waals surface area contributed by atoms with E-state index in [1.54, 1.807) is 7.11 Å². The molecule has 3 rings (SSSR count). The predicted octanol–water partition coefficient (Wildman–Crippen LogP) is 5.08. The maximum atomic E-state index is 12.5. The number of methoxy groups -OCH3 is 1. The summed E-state index contributed by atoms with van der Waals surface area (Å²) < 4.78 is 11.1. The summed E-state index contributed by atoms with van der Waals surface area (Å²) in [4.78, 5) is 12.5. The molecule has 0 saturated heterocycles. The number of hydrogen-bond donors (Lipinski definition) is 1. The van der Waals surface area contributed by atoms with Crippen molar-refractivity contribution in [3.63, 3.8) is 0 Å². The van der Waals surface area contributed by atoms with Gasteiger partial charge in [0, 0.05) is 12.1 Å². The molecule has 28 heavy (non-hydrogen) atoms. The van der Waals surface area contributed by atoms with E-state index < -0.39 is 0 Å². The number of benzene rings is 3. The zero-order valence-electron chi connectivity index (χ0n) is 16.4. The normalized spacial score (nSPS) is 10.6. The highest BCUT2D eigenvalue weighted by Crippen LogP contribution is 2.29. The second-order valence-electron chi connectivity index (χ2n) is 6.78. The first-order valence-corrected chi connectivity index (χ1v) is 9.34. The van der Waals surface area contributed by atoms with Crippen LogP contribution in [0, 0.1) is 0 Å². The molecule has 4 nitrogen and oxygen atoms in total. The van der Waals surface area contributed by atoms with Gasteiger partial charge in [-0.05, 0) is 54.8 Å². The van der Waals surface area contributed by atoms with Crippen molar-refractivity contribution in [3.05, 3.63) is 83.9 Å². The Labute approximate surface area is 166 Å². The molecule has 0 saturated carbocycles. The van der Waals surface area contributed by atoms with Crippen LogP contribution in [0.3, 0.4) is 0 Å². The Morgan fingerprint density at radius 1 is 0.893 bits per heavy atom. The minimum absolute atomic E-state index is 0.0679. The van der Waals surface area contributed by atoms with Crippen LogP contribution in [-0.2, 0) is 6.54 Å². The van der Waals surface area contributed by atoms with Gasteiger partial charge in [-0.1, -0.05) is 48.5 Å². The van der Waals surface area contributed by atoms with Gasteiger partial charge in [0.2, 0.25) is 0 Å². The van der Waals surface area contributed by atoms with Crippen molar-refractivity contribution in [2.24, 2.45) is 0 Å². The first-order chi connectivity index (χ1) is 13.6. The fourth-order valence-corrected chi connectivity index (χ4v) is 2.90. The SMILES string of the molecule is COc1cc(CNC(=O)c2ccc(-c3ccccc3)cc2)ccc1OC(C)C. The lowest BCUT2D eigenvalue weighted by Gasteiger charge is -2.14. The van der Waals surface area contributed by atoms with E-state index in [-0.39, 0.29) is 12.0 Å². The Hall–Kier alpha value is -3.27. The largest absolute Gasteiger partial charge is 0.493 e. The molecule has 0 spiro atoms. The molecule has 0 aliphatic heterocycles. The van der Waals surface area contributed by atoms with E-state index in [0.717, 1.165) is 16.7 Å². The van der Waals surface area contributed by atoms with Gasteiger partial charge in [-0.15, -0.1) is 0 Å². The van der Waals surface area contributed by atoms with Crippen molar-refractivity contribution in [3.8, 4) is 22.6 Å². The summed E-state index contributed by atoms with van der Waals surface area (Å²) in [6, 6.07) is 23.4. The molecule has 1 amide bonds. The Balaban J connectivity index is 1.64. The lowest BCUT2D eigenvalue weighted by atomic mass is 10.0. The minimum Gasteiger partial charge on any atom is -0.493 e. The lowest BCUT2D eigenvalue weighted by molar-refractivity contribution is 0.0951. The third-order valence-corrected chi connectivity index (χ3v) is 4.30. The van der Waals surface area contributed by atoms with Crippen LogP contribution in [-0.4, -0.2) is 19.1 Å². The Morgan fingerprint density at radius 2 is 1.57 bits per heavy atom. The van der Waals surface area contributed by atoms with Crippen molar-refractivity contribution in [2.45, 2.75) is 26.5 Å². The zero-order valence-corrected chi connectivity index (χ0v) is 16.4. The minimum atomic E-state index is -0.110. The number of ether oxygens (including phenoxy) is 2. The quantitative estimate of drug-likeness (QED) is 0.626. The molecule has 0 heterocycles. The predicted molar refractivity (Wildman–Crippen MR) is 112 cm³/mol. The fourth-order valence-electron chi connectivity index (χ4n) is 2.90. The Morgan fingerprint density at radius 3 is 2.21 bits per heavy atom. The summed E-state index contributed by atoms with van der Waals surface area (Å²) in [5.74, 6) is 1.25. The second kappa shape index (κ2) is 9.09. The molecule has 0 atom stereocenters. The molecule has 0 aliphatic rings. The molecular weight excluding hydrogens is 350 g/mol. The van der Waals surface area contributed by atoms with Gasteiger partial charge in [0.05, 0.1) is 13.2 Å². The lowest BCUT2D eigenvalue weighted by Crippen LogP contribution is -2.22. The molecule has 0 unspecified atom stereocenters. The first kappa shape index (κ1) is 19.5. The second-order valence-corrected chi connectivity index (χ2v) is 6.78. The molecule has 3 aromatic rings. The van der Waals surface area contributed by atoms with Gasteiger partial charge >= 0.3 is 0 Å². The van der Waals surface area contributed by atoms with Gasteiger partial charge < -0.3 is 14.8 Å². The maximum Gasteiger partial charge on any atom is 0.251 e. The number of rotatable bonds is 7. The van der Waals surface area contributed by atoms with Crippen molar-refractivity contribution in [1.29, 1.82) is 0 Å². The third kappa shape index (κ3) is 4.92. The molecule has 144 valence electrons. The van der Waals surface area contributed by atoms with Gasteiger partial charge in [-0.25, -0.2) is 0 Å². The molecule has 1 N–H and O–H groups in total. The molecule has 0 aliphatic carbocycles. The van der Waals surface area contributed by atoms with Crippen molar-refractivity contribution >= 4 is 5.91 Å². The topological polar surface area (TPSA) is 47.6 Å². The number of nitrogens with one attached hydrogen (secondary N) is 1. The van der Waals surface area contributed by atoms with E-state index in [0.29, 0.717) is 23.6 Å². The van der Waals surface area contributed by atoms with Gasteiger partial charge in [0.25, 0.3) is 5.91 Å². The van der Waals surface area contributed by atoms with Crippen LogP contribution in [0.2, 0.25) is 0 Å². The fraction of sp³-hybridized carbons (Fsp3) is 0.208. The summed E-state index contributed by atoms with van der Waals surface area (Å²) in [6.45, 7) is 4.35. The van der Waals surface area contributed by atoms with Gasteiger partial charge in [-0.3, -0.25) is 4.79 Å². The van der Waals surface area contributed by atoms with E-state index in [4.69, 9.17) is 9.47 Å². The highest BCUT2D eigenvalue weighted by atomic mass is 16.5. The summed E-state index contributed by atoms with van der Waals surface area (Å²) in [5, 5.41) is 2.95. The summed E-state index contributed by atoms with van der Waals surface area (Å²) in [7, 11) is 1.61. The molecule has 3 aromatic carbocycles. The average Bonchev–Trinajstić information content (AvgIpc) is 2.73. The van der Waals surface area contributed by atoms with Crippen LogP contribution in [0.4, 0.5) is 0 Å². The van der Waals surface area contributed by atoms with E-state index in [9.17, 15) is 4.79 Å². The summed E-state index contributed by atoms with van der Waals surface area (Å²) in [6.07, 6.45) is 0.0679. The van der Waals surface area contributed by atoms with Crippen LogP contribution in [0.5, 0.6) is 11.5 Å². The van der Waals surface area contributed by atoms with Crippen molar-refractivity contribution in [2.75, 3.05) is 7.11 Å². The zero-order chi connectivity index (χ0) is 19.9. The van der Waals surface area contributed by atoms with Crippen LogP contribution in [0.25, 0.3) is 11.1 Å². The maximum absolute atomic E-state index is 12.5. The van der Waals surface area contributed by atoms with Gasteiger partial charge in [-0.2, -0.15) is 0 Å². The van der Waals surface area contributed by atoms with Gasteiger partial charge in [0.15, 0.2) is 11.5 Å². The smallest absolute Gasteiger partial charge is 0.251 e. The molecule has 0 radical (unpaired) electrons. The number of carbonyl (C=O) groups excluding carboxylic acids is 1. The molecule has 0 aromatic heterocycles. The third-order valence-electron chi connectivity index (χ3n) is 4.30. The van der Waals surface area contributed by atoms with Crippen molar-refractivity contribution in [1.82, 2.24) is 5.32 Å². The Bertz CT molecular complexity index is 918. The van der Waals surface area contributed by atoms with Gasteiger partial charge in [0.1, 0.15) is 0 Å². The van der Waals surface area contributed by atoms with Crippen LogP contribution in [0.1, 0.15) is 29.8 Å². The van der Waals surface area contributed by atoms with E-state index >= 15 is 0 Å². The standard InChI is InChI=1S/C24H25NO3/c1-17(2)28-22-14-9-18(15-23(22)27-3)16-25-24(26)21-12-10-20(11-13-21)19-7-5-4-6-8-19/h4-15,17H,16H2,1-3H3,(H,25,26). The summed E-state index contributed by atoms with van der Waals surface area (Å²) >= 11 is 0. The number of amides is 1. The highest BCUT2D eigenvalue weighted by Gasteiger charge is 2.10. The molecule has 4 heteroatoms. The van der Waals surface area contributed by atoms with Crippen LogP contribution in [0.15, 0.2) is 72.8 Å². The number of hydrogen-bond acceptors (Lipinski definition) is 3. The van der Waals surface area contributed by atoms with E-state index in [1.807, 2.05) is 74.5 Å². The average molecular weight is 375 g/mol. The highest BCUT2D eigenvalue weighted by molar-refractivity contribution is 5.94. The number of carbonyl (C=O) groups is 1. The molecule has 0 fully saturated rings. The van der Waals surface area contributed by atoms with E-state index in [2.05, 4.69) is 17.4 Å². The summed E-state index contributed by atoms with van der Waals surface area (Å²) in [5.41, 5.74) is 3.79. The van der Waals surface area contributed by atoms with E-state index in [1.165, 1.54) is 0 Å². The van der Waals surface area contributed by atoms with Crippen LogP contribution >= 0.6 is 0 Å². The molecule has 0 bridgehead atoms. The molecular formula is C24H25NO3.